The number of ether oxygens (including phenoxy) is 1. The van der Waals surface area contributed by atoms with Crippen LogP contribution in [0.2, 0.25) is 0 Å². The van der Waals surface area contributed by atoms with E-state index in [0.717, 1.165) is 17.5 Å². The molecule has 1 aromatic carbocycles. The van der Waals surface area contributed by atoms with Gasteiger partial charge in [0.05, 0.1) is 16.8 Å². The molecule has 0 saturated carbocycles. The normalized spacial score (nSPS) is 11.4. The molecule has 0 aliphatic carbocycles. The fraction of sp³-hybridized carbons (Fsp3) is 0.455. The molecule has 13 heavy (non-hydrogen) atoms. The molecular formula is C11H15OSi. The molecule has 0 bridgehead atoms. The molecule has 0 saturated heterocycles. The lowest BCUT2D eigenvalue weighted by Crippen LogP contribution is -2.19. The summed E-state index contributed by atoms with van der Waals surface area (Å²) in [5.74, 6) is 0.911. The van der Waals surface area contributed by atoms with E-state index in [2.05, 4.69) is 31.0 Å². The van der Waals surface area contributed by atoms with E-state index < -0.39 is 0 Å². The van der Waals surface area contributed by atoms with E-state index in [1.807, 2.05) is 24.3 Å². The van der Waals surface area contributed by atoms with Crippen molar-refractivity contribution in [3.05, 3.63) is 24.3 Å². The summed E-state index contributed by atoms with van der Waals surface area (Å²) in [4.78, 5) is 0. The second-order valence-corrected chi connectivity index (χ2v) is 4.88. The molecule has 0 aromatic heterocycles. The van der Waals surface area contributed by atoms with Crippen LogP contribution in [0, 0.1) is 5.41 Å². The zero-order chi connectivity index (χ0) is 9.90. The maximum atomic E-state index is 5.65. The zero-order valence-electron chi connectivity index (χ0n) is 8.42. The van der Waals surface area contributed by atoms with Crippen molar-refractivity contribution in [2.75, 3.05) is 6.61 Å². The number of benzene rings is 1. The largest absolute Gasteiger partial charge is 0.493 e. The van der Waals surface area contributed by atoms with E-state index in [1.54, 1.807) is 0 Å². The molecule has 0 N–H and O–H groups in total. The Morgan fingerprint density at radius 2 is 1.85 bits per heavy atom. The van der Waals surface area contributed by atoms with E-state index >= 15 is 0 Å². The molecular weight excluding hydrogens is 176 g/mol. The summed E-state index contributed by atoms with van der Waals surface area (Å²) in [7, 11) is 3.49. The Morgan fingerprint density at radius 3 is 2.38 bits per heavy atom. The van der Waals surface area contributed by atoms with Gasteiger partial charge in [-0.15, -0.1) is 0 Å². The van der Waals surface area contributed by atoms with E-state index in [1.165, 1.54) is 0 Å². The first kappa shape index (κ1) is 10.3. The zero-order valence-corrected chi connectivity index (χ0v) is 9.42. The summed E-state index contributed by atoms with van der Waals surface area (Å²) >= 11 is 0. The summed E-state index contributed by atoms with van der Waals surface area (Å²) < 4.78 is 5.65. The highest BCUT2D eigenvalue weighted by atomic mass is 28.1. The van der Waals surface area contributed by atoms with Crippen molar-refractivity contribution in [3.63, 3.8) is 0 Å². The molecule has 0 heterocycles. The van der Waals surface area contributed by atoms with Gasteiger partial charge in [0.1, 0.15) is 5.75 Å². The van der Waals surface area contributed by atoms with Crippen molar-refractivity contribution >= 4 is 15.4 Å². The van der Waals surface area contributed by atoms with Gasteiger partial charge in [0.25, 0.3) is 0 Å². The second-order valence-electron chi connectivity index (χ2n) is 4.35. The van der Waals surface area contributed by atoms with Gasteiger partial charge < -0.3 is 4.74 Å². The molecule has 0 aliphatic rings. The van der Waals surface area contributed by atoms with E-state index in [4.69, 9.17) is 4.74 Å². The predicted molar refractivity (Wildman–Crippen MR) is 56.8 cm³/mol. The first-order valence-electron chi connectivity index (χ1n) is 4.42. The first-order chi connectivity index (χ1) is 5.99. The SMILES string of the molecule is CC(C)(C)COc1ccccc1[Si]. The van der Waals surface area contributed by atoms with Crippen LogP contribution < -0.4 is 9.92 Å². The van der Waals surface area contributed by atoms with Crippen molar-refractivity contribution in [2.45, 2.75) is 20.8 Å². The van der Waals surface area contributed by atoms with Crippen molar-refractivity contribution < 1.29 is 4.74 Å². The Balaban J connectivity index is 2.60. The fourth-order valence-corrected chi connectivity index (χ4v) is 1.14. The molecule has 1 nitrogen and oxygen atoms in total. The molecule has 3 radical (unpaired) electrons. The average molecular weight is 191 g/mol. The second kappa shape index (κ2) is 3.96. The van der Waals surface area contributed by atoms with Crippen LogP contribution in [0.25, 0.3) is 0 Å². The Bertz CT molecular complexity index is 276. The predicted octanol–water partition coefficient (Wildman–Crippen LogP) is 1.91. The molecule has 1 rings (SSSR count). The molecule has 0 unspecified atom stereocenters. The van der Waals surface area contributed by atoms with Gasteiger partial charge in [0.2, 0.25) is 0 Å². The van der Waals surface area contributed by atoms with Gasteiger partial charge in [-0.25, -0.2) is 0 Å². The standard InChI is InChI=1S/C11H15OSi/c1-11(2,3)8-12-9-6-4-5-7-10(9)13/h4-7H,8H2,1-3H3. The summed E-state index contributed by atoms with van der Waals surface area (Å²) in [5, 5.41) is 1.01. The van der Waals surface area contributed by atoms with Gasteiger partial charge in [0.15, 0.2) is 0 Å². The maximum absolute atomic E-state index is 5.65. The van der Waals surface area contributed by atoms with Crippen LogP contribution in [-0.4, -0.2) is 16.8 Å². The van der Waals surface area contributed by atoms with Crippen LogP contribution in [0.4, 0.5) is 0 Å². The highest BCUT2D eigenvalue weighted by Crippen LogP contribution is 2.15. The summed E-state index contributed by atoms with van der Waals surface area (Å²) in [6.45, 7) is 7.20. The third-order valence-corrected chi connectivity index (χ3v) is 1.96. The lowest BCUT2D eigenvalue weighted by atomic mass is 9.99. The molecule has 0 aliphatic heterocycles. The number of hydrogen-bond donors (Lipinski definition) is 0. The van der Waals surface area contributed by atoms with Crippen molar-refractivity contribution in [2.24, 2.45) is 5.41 Å². The Hall–Kier alpha value is -0.763. The van der Waals surface area contributed by atoms with E-state index in [9.17, 15) is 0 Å². The Labute approximate surface area is 83.5 Å². The summed E-state index contributed by atoms with van der Waals surface area (Å²) in [6, 6.07) is 7.90. The smallest absolute Gasteiger partial charge is 0.117 e. The highest BCUT2D eigenvalue weighted by molar-refractivity contribution is 6.34. The third kappa shape index (κ3) is 3.64. The third-order valence-electron chi connectivity index (χ3n) is 1.55. The van der Waals surface area contributed by atoms with Gasteiger partial charge >= 0.3 is 0 Å². The number of hydrogen-bond acceptors (Lipinski definition) is 1. The Kier molecular flexibility index (Phi) is 3.15. The molecule has 69 valence electrons. The van der Waals surface area contributed by atoms with Crippen molar-refractivity contribution in [1.82, 2.24) is 0 Å². The molecule has 1 aromatic rings. The van der Waals surface area contributed by atoms with Gasteiger partial charge in [0, 0.05) is 0 Å². The van der Waals surface area contributed by atoms with Gasteiger partial charge in [-0.2, -0.15) is 0 Å². The van der Waals surface area contributed by atoms with Crippen molar-refractivity contribution in [3.8, 4) is 5.75 Å². The van der Waals surface area contributed by atoms with Crippen LogP contribution in [0.5, 0.6) is 5.75 Å². The Morgan fingerprint density at radius 1 is 1.23 bits per heavy atom. The minimum Gasteiger partial charge on any atom is -0.493 e. The fourth-order valence-electron chi connectivity index (χ4n) is 0.887. The van der Waals surface area contributed by atoms with Gasteiger partial charge in [-0.05, 0) is 16.7 Å². The topological polar surface area (TPSA) is 9.23 Å². The number of rotatable bonds is 2. The minimum absolute atomic E-state index is 0.203. The molecule has 0 atom stereocenters. The average Bonchev–Trinajstić information content (AvgIpc) is 2.01. The number of para-hydroxylation sites is 1. The van der Waals surface area contributed by atoms with Crippen LogP contribution in [0.3, 0.4) is 0 Å². The van der Waals surface area contributed by atoms with Gasteiger partial charge in [-0.3, -0.25) is 0 Å². The van der Waals surface area contributed by atoms with E-state index in [0.29, 0.717) is 0 Å². The van der Waals surface area contributed by atoms with Crippen LogP contribution in [-0.2, 0) is 0 Å². The maximum Gasteiger partial charge on any atom is 0.117 e. The van der Waals surface area contributed by atoms with E-state index in [-0.39, 0.29) is 5.41 Å². The molecule has 0 amide bonds. The summed E-state index contributed by atoms with van der Waals surface area (Å²) in [5.41, 5.74) is 0.203. The lowest BCUT2D eigenvalue weighted by molar-refractivity contribution is 0.199. The summed E-state index contributed by atoms with van der Waals surface area (Å²) in [6.07, 6.45) is 0. The molecule has 0 fully saturated rings. The molecule has 2 heteroatoms. The minimum atomic E-state index is 0.203. The lowest BCUT2D eigenvalue weighted by Gasteiger charge is -2.19. The molecule has 0 spiro atoms. The monoisotopic (exact) mass is 191 g/mol. The van der Waals surface area contributed by atoms with Crippen LogP contribution >= 0.6 is 0 Å². The van der Waals surface area contributed by atoms with Crippen molar-refractivity contribution in [1.29, 1.82) is 0 Å². The quantitative estimate of drug-likeness (QED) is 0.649. The van der Waals surface area contributed by atoms with Gasteiger partial charge in [-0.1, -0.05) is 39.0 Å². The first-order valence-corrected chi connectivity index (χ1v) is 4.92. The van der Waals surface area contributed by atoms with Crippen LogP contribution in [0.1, 0.15) is 20.8 Å². The van der Waals surface area contributed by atoms with Crippen LogP contribution in [0.15, 0.2) is 24.3 Å². The highest BCUT2D eigenvalue weighted by Gasteiger charge is 2.11.